The van der Waals surface area contributed by atoms with E-state index in [0.29, 0.717) is 11.8 Å². The van der Waals surface area contributed by atoms with Gasteiger partial charge in [-0.05, 0) is 75.1 Å². The molecular weight excluding hydrogens is 348 g/mol. The molecule has 0 spiro atoms. The first-order valence-corrected chi connectivity index (χ1v) is 11.4. The predicted molar refractivity (Wildman–Crippen MR) is 112 cm³/mol. The Morgan fingerprint density at radius 2 is 1.50 bits per heavy atom. The molecule has 4 nitrogen and oxygen atoms in total. The van der Waals surface area contributed by atoms with Crippen molar-refractivity contribution in [1.82, 2.24) is 9.80 Å². The first-order valence-electron chi connectivity index (χ1n) is 11.4. The summed E-state index contributed by atoms with van der Waals surface area (Å²) in [6.07, 6.45) is 9.36. The van der Waals surface area contributed by atoms with Crippen LogP contribution >= 0.6 is 0 Å². The maximum Gasteiger partial charge on any atom is 0.225 e. The van der Waals surface area contributed by atoms with Gasteiger partial charge in [-0.1, -0.05) is 30.7 Å². The molecule has 0 N–H and O–H groups in total. The molecule has 3 fully saturated rings. The lowest BCUT2D eigenvalue weighted by molar-refractivity contribution is -0.139. The van der Waals surface area contributed by atoms with E-state index >= 15 is 0 Å². The Morgan fingerprint density at radius 1 is 0.857 bits per heavy atom. The number of ether oxygens (including phenoxy) is 1. The van der Waals surface area contributed by atoms with E-state index in [2.05, 4.69) is 34.1 Å². The minimum Gasteiger partial charge on any atom is -0.381 e. The molecule has 28 heavy (non-hydrogen) atoms. The van der Waals surface area contributed by atoms with Gasteiger partial charge in [0.1, 0.15) is 0 Å². The Bertz CT molecular complexity index is 610. The number of nitrogens with zero attached hydrogens (tertiary/aromatic N) is 2. The highest BCUT2D eigenvalue weighted by Gasteiger charge is 2.29. The summed E-state index contributed by atoms with van der Waals surface area (Å²) >= 11 is 0. The van der Waals surface area contributed by atoms with Gasteiger partial charge in [0.15, 0.2) is 0 Å². The smallest absolute Gasteiger partial charge is 0.225 e. The standard InChI is InChI=1S/C24H36N2O2/c27-24(23-10-16-28-17-11-23)26-14-8-21(9-15-26)18-20-4-6-22(7-5-20)19-25-12-2-1-3-13-25/h4-7,21,23H,1-3,8-19H2. The van der Waals surface area contributed by atoms with Crippen molar-refractivity contribution in [3.63, 3.8) is 0 Å². The summed E-state index contributed by atoms with van der Waals surface area (Å²) in [4.78, 5) is 17.4. The maximum atomic E-state index is 12.7. The Hall–Kier alpha value is -1.39. The third-order valence-corrected chi connectivity index (χ3v) is 6.90. The maximum absolute atomic E-state index is 12.7. The second-order valence-corrected chi connectivity index (χ2v) is 9.01. The van der Waals surface area contributed by atoms with Crippen LogP contribution in [0.15, 0.2) is 24.3 Å². The van der Waals surface area contributed by atoms with Crippen molar-refractivity contribution in [3.05, 3.63) is 35.4 Å². The third-order valence-electron chi connectivity index (χ3n) is 6.90. The Balaban J connectivity index is 1.21. The highest BCUT2D eigenvalue weighted by molar-refractivity contribution is 5.79. The molecule has 0 radical (unpaired) electrons. The molecule has 3 aliphatic heterocycles. The molecule has 3 saturated heterocycles. The number of hydrogen-bond acceptors (Lipinski definition) is 3. The number of likely N-dealkylation sites (tertiary alicyclic amines) is 2. The predicted octanol–water partition coefficient (Wildman–Crippen LogP) is 3.88. The van der Waals surface area contributed by atoms with Gasteiger partial charge in [-0.2, -0.15) is 0 Å². The molecule has 0 aromatic heterocycles. The number of carbonyl (C=O) groups is 1. The molecule has 1 amide bonds. The van der Waals surface area contributed by atoms with Crippen molar-refractivity contribution < 1.29 is 9.53 Å². The average Bonchev–Trinajstić information content (AvgIpc) is 2.76. The van der Waals surface area contributed by atoms with E-state index in [1.165, 1.54) is 43.5 Å². The molecular formula is C24H36N2O2. The van der Waals surface area contributed by atoms with E-state index in [0.717, 1.165) is 65.0 Å². The lowest BCUT2D eigenvalue weighted by Gasteiger charge is -2.35. The van der Waals surface area contributed by atoms with Gasteiger partial charge in [0.2, 0.25) is 5.91 Å². The fourth-order valence-electron chi connectivity index (χ4n) is 5.05. The monoisotopic (exact) mass is 384 g/mol. The van der Waals surface area contributed by atoms with Gasteiger partial charge in [0, 0.05) is 38.8 Å². The van der Waals surface area contributed by atoms with Crippen molar-refractivity contribution >= 4 is 5.91 Å². The molecule has 3 aliphatic rings. The minimum absolute atomic E-state index is 0.206. The van der Waals surface area contributed by atoms with Crippen molar-refractivity contribution in [2.45, 2.75) is 57.9 Å². The van der Waals surface area contributed by atoms with Crippen LogP contribution in [-0.2, 0) is 22.5 Å². The largest absolute Gasteiger partial charge is 0.381 e. The summed E-state index contributed by atoms with van der Waals surface area (Å²) in [6.45, 7) is 7.00. The number of amides is 1. The second-order valence-electron chi connectivity index (χ2n) is 9.01. The molecule has 0 aliphatic carbocycles. The number of hydrogen-bond donors (Lipinski definition) is 0. The summed E-state index contributed by atoms with van der Waals surface area (Å²) in [6, 6.07) is 9.32. The van der Waals surface area contributed by atoms with Crippen molar-refractivity contribution in [2.75, 3.05) is 39.4 Å². The zero-order chi connectivity index (χ0) is 19.2. The normalized spacial score (nSPS) is 23.1. The number of benzene rings is 1. The average molecular weight is 385 g/mol. The van der Waals surface area contributed by atoms with Crippen LogP contribution in [0, 0.1) is 11.8 Å². The van der Waals surface area contributed by atoms with Crippen LogP contribution < -0.4 is 0 Å². The van der Waals surface area contributed by atoms with E-state index in [1.807, 2.05) is 0 Å². The van der Waals surface area contributed by atoms with E-state index < -0.39 is 0 Å². The summed E-state index contributed by atoms with van der Waals surface area (Å²) in [7, 11) is 0. The van der Waals surface area contributed by atoms with Crippen LogP contribution in [-0.4, -0.2) is 55.1 Å². The van der Waals surface area contributed by atoms with Crippen LogP contribution in [0.4, 0.5) is 0 Å². The zero-order valence-corrected chi connectivity index (χ0v) is 17.3. The van der Waals surface area contributed by atoms with Crippen LogP contribution in [0.25, 0.3) is 0 Å². The molecule has 0 saturated carbocycles. The molecule has 1 aromatic rings. The Kier molecular flexibility index (Phi) is 7.03. The molecule has 154 valence electrons. The zero-order valence-electron chi connectivity index (χ0n) is 17.3. The van der Waals surface area contributed by atoms with Gasteiger partial charge >= 0.3 is 0 Å². The Morgan fingerprint density at radius 3 is 2.18 bits per heavy atom. The number of piperidine rings is 2. The van der Waals surface area contributed by atoms with Crippen LogP contribution in [0.5, 0.6) is 0 Å². The van der Waals surface area contributed by atoms with Crippen molar-refractivity contribution in [3.8, 4) is 0 Å². The molecule has 4 rings (SSSR count). The van der Waals surface area contributed by atoms with Gasteiger partial charge in [-0.25, -0.2) is 0 Å². The van der Waals surface area contributed by atoms with Crippen LogP contribution in [0.3, 0.4) is 0 Å². The van der Waals surface area contributed by atoms with E-state index in [1.54, 1.807) is 0 Å². The van der Waals surface area contributed by atoms with Gasteiger partial charge in [-0.15, -0.1) is 0 Å². The fraction of sp³-hybridized carbons (Fsp3) is 0.708. The lowest BCUT2D eigenvalue weighted by atomic mass is 9.89. The molecule has 0 bridgehead atoms. The van der Waals surface area contributed by atoms with Gasteiger partial charge in [0.05, 0.1) is 0 Å². The summed E-state index contributed by atoms with van der Waals surface area (Å²) < 4.78 is 5.40. The lowest BCUT2D eigenvalue weighted by Crippen LogP contribution is -2.43. The number of carbonyl (C=O) groups excluding carboxylic acids is 1. The SMILES string of the molecule is O=C(C1CCOCC1)N1CCC(Cc2ccc(CN3CCCCC3)cc2)CC1. The molecule has 1 aromatic carbocycles. The summed E-state index contributed by atoms with van der Waals surface area (Å²) in [5, 5.41) is 0. The van der Waals surface area contributed by atoms with E-state index in [9.17, 15) is 4.79 Å². The van der Waals surface area contributed by atoms with Crippen molar-refractivity contribution in [1.29, 1.82) is 0 Å². The molecule has 3 heterocycles. The third kappa shape index (κ3) is 5.36. The number of rotatable bonds is 5. The van der Waals surface area contributed by atoms with E-state index in [-0.39, 0.29) is 5.92 Å². The summed E-state index contributed by atoms with van der Waals surface area (Å²) in [5.74, 6) is 1.30. The van der Waals surface area contributed by atoms with Crippen molar-refractivity contribution in [2.24, 2.45) is 11.8 Å². The molecule has 0 atom stereocenters. The topological polar surface area (TPSA) is 32.8 Å². The fourth-order valence-corrected chi connectivity index (χ4v) is 5.05. The first-order chi connectivity index (χ1) is 13.8. The van der Waals surface area contributed by atoms with Gasteiger partial charge in [-0.3, -0.25) is 9.69 Å². The van der Waals surface area contributed by atoms with Gasteiger partial charge < -0.3 is 9.64 Å². The second kappa shape index (κ2) is 9.89. The highest BCUT2D eigenvalue weighted by atomic mass is 16.5. The molecule has 0 unspecified atom stereocenters. The Labute approximate surface area is 170 Å². The van der Waals surface area contributed by atoms with Crippen LogP contribution in [0.2, 0.25) is 0 Å². The minimum atomic E-state index is 0.206. The van der Waals surface area contributed by atoms with Gasteiger partial charge in [0.25, 0.3) is 0 Å². The van der Waals surface area contributed by atoms with Crippen LogP contribution in [0.1, 0.15) is 56.1 Å². The quantitative estimate of drug-likeness (QED) is 0.772. The summed E-state index contributed by atoms with van der Waals surface area (Å²) in [5.41, 5.74) is 2.90. The highest BCUT2D eigenvalue weighted by Crippen LogP contribution is 2.25. The van der Waals surface area contributed by atoms with E-state index in [4.69, 9.17) is 4.74 Å². The molecule has 4 heteroatoms. The first kappa shape index (κ1) is 19.9.